The highest BCUT2D eigenvalue weighted by atomic mass is 32.1. The lowest BCUT2D eigenvalue weighted by atomic mass is 9.84. The van der Waals surface area contributed by atoms with Crippen LogP contribution in [-0.2, 0) is 6.42 Å². The highest BCUT2D eigenvalue weighted by molar-refractivity contribution is 7.10. The molecule has 0 aliphatic heterocycles. The molecule has 0 aromatic carbocycles. The fraction of sp³-hybridized carbons (Fsp3) is 0.353. The number of H-pyrrole nitrogens is 1. The van der Waals surface area contributed by atoms with Crippen LogP contribution >= 0.6 is 11.3 Å². The number of rotatable bonds is 4. The van der Waals surface area contributed by atoms with E-state index < -0.39 is 11.5 Å². The van der Waals surface area contributed by atoms with Crippen molar-refractivity contribution in [3.05, 3.63) is 55.6 Å². The Bertz CT molecular complexity index is 793. The largest absolute Gasteiger partial charge is 0.352 e. The summed E-state index contributed by atoms with van der Waals surface area (Å²) in [5, 5.41) is 4.66. The van der Waals surface area contributed by atoms with E-state index in [2.05, 4.69) is 10.3 Å². The van der Waals surface area contributed by atoms with Gasteiger partial charge in [0.15, 0.2) is 5.78 Å². The van der Waals surface area contributed by atoms with Crippen LogP contribution in [0.2, 0.25) is 0 Å². The lowest BCUT2D eigenvalue weighted by molar-refractivity contribution is 0.0952. The van der Waals surface area contributed by atoms with E-state index in [1.165, 1.54) is 6.07 Å². The van der Waals surface area contributed by atoms with Crippen molar-refractivity contribution in [2.24, 2.45) is 0 Å². The van der Waals surface area contributed by atoms with Gasteiger partial charge >= 0.3 is 0 Å². The number of carbonyl (C=O) groups excluding carboxylic acids is 2. The highest BCUT2D eigenvalue weighted by Gasteiger charge is 2.29. The number of hydrogen-bond acceptors (Lipinski definition) is 4. The number of fused-ring (bicyclic) bond motifs is 1. The van der Waals surface area contributed by atoms with E-state index in [0.29, 0.717) is 30.6 Å². The summed E-state index contributed by atoms with van der Waals surface area (Å²) in [4.78, 5) is 40.5. The molecule has 2 aromatic heterocycles. The van der Waals surface area contributed by atoms with Gasteiger partial charge < -0.3 is 10.3 Å². The van der Waals surface area contributed by atoms with Crippen LogP contribution in [0.3, 0.4) is 0 Å². The number of ketones is 1. The summed E-state index contributed by atoms with van der Waals surface area (Å²) >= 11 is 1.62. The number of aromatic amines is 1. The van der Waals surface area contributed by atoms with E-state index in [-0.39, 0.29) is 17.3 Å². The Labute approximate surface area is 137 Å². The van der Waals surface area contributed by atoms with Crippen LogP contribution in [0, 0.1) is 0 Å². The molecule has 0 bridgehead atoms. The molecule has 2 heterocycles. The van der Waals surface area contributed by atoms with Crippen molar-refractivity contribution in [3.8, 4) is 0 Å². The van der Waals surface area contributed by atoms with Crippen LogP contribution in [0.25, 0.3) is 0 Å². The summed E-state index contributed by atoms with van der Waals surface area (Å²) in [7, 11) is 0. The predicted octanol–water partition coefficient (Wildman–Crippen LogP) is 2.49. The van der Waals surface area contributed by atoms with Gasteiger partial charge in [-0.05, 0) is 30.4 Å². The second-order valence-corrected chi connectivity index (χ2v) is 6.68. The first-order valence-corrected chi connectivity index (χ1v) is 8.59. The molecule has 0 saturated carbocycles. The summed E-state index contributed by atoms with van der Waals surface area (Å²) in [6.07, 6.45) is 1.82. The highest BCUT2D eigenvalue weighted by Crippen LogP contribution is 2.33. The number of Topliss-reactive ketones (excluding diaryl/α,β-unsaturated/α-hetero) is 1. The Morgan fingerprint density at radius 3 is 2.91 bits per heavy atom. The summed E-state index contributed by atoms with van der Waals surface area (Å²) < 4.78 is 0. The molecule has 1 aliphatic rings. The zero-order valence-electron chi connectivity index (χ0n) is 12.8. The summed E-state index contributed by atoms with van der Waals surface area (Å²) in [6, 6.07) is 5.42. The number of hydrogen-bond donors (Lipinski definition) is 2. The second kappa shape index (κ2) is 6.50. The molecule has 6 heteroatoms. The quantitative estimate of drug-likeness (QED) is 0.904. The van der Waals surface area contributed by atoms with Crippen molar-refractivity contribution in [2.75, 3.05) is 6.54 Å². The predicted molar refractivity (Wildman–Crippen MR) is 89.4 cm³/mol. The maximum Gasteiger partial charge on any atom is 0.261 e. The summed E-state index contributed by atoms with van der Waals surface area (Å²) in [5.41, 5.74) is 0.688. The van der Waals surface area contributed by atoms with E-state index in [1.54, 1.807) is 11.3 Å². The molecule has 2 N–H and O–H groups in total. The van der Waals surface area contributed by atoms with Crippen LogP contribution in [0.4, 0.5) is 0 Å². The van der Waals surface area contributed by atoms with Crippen LogP contribution in [-0.4, -0.2) is 23.2 Å². The smallest absolute Gasteiger partial charge is 0.261 e. The van der Waals surface area contributed by atoms with E-state index in [1.807, 2.05) is 24.4 Å². The second-order valence-electron chi connectivity index (χ2n) is 5.70. The molecule has 23 heavy (non-hydrogen) atoms. The molecule has 120 valence electrons. The van der Waals surface area contributed by atoms with Gasteiger partial charge in [0.25, 0.3) is 11.5 Å². The minimum Gasteiger partial charge on any atom is -0.352 e. The first-order valence-electron chi connectivity index (χ1n) is 7.71. The monoisotopic (exact) mass is 330 g/mol. The standard InChI is InChI=1S/C17H18N2O3S/c1-2-5-18-16(21)12-9-11-13(19-17(12)22)7-10(8-14(11)20)15-4-3-6-23-15/h3-4,6,9-10H,2,5,7-8H2,1H3,(H,18,21)(H,19,22)/t10-/m0/s1. The maximum absolute atomic E-state index is 12.4. The van der Waals surface area contributed by atoms with Gasteiger partial charge in [-0.15, -0.1) is 11.3 Å². The van der Waals surface area contributed by atoms with Gasteiger partial charge in [-0.3, -0.25) is 14.4 Å². The summed E-state index contributed by atoms with van der Waals surface area (Å²) in [6.45, 7) is 2.44. The van der Waals surface area contributed by atoms with E-state index >= 15 is 0 Å². The molecule has 0 fully saturated rings. The fourth-order valence-electron chi connectivity index (χ4n) is 2.86. The molecule has 0 radical (unpaired) electrons. The van der Waals surface area contributed by atoms with Crippen molar-refractivity contribution in [1.29, 1.82) is 0 Å². The SMILES string of the molecule is CCCNC(=O)c1cc2c([nH]c1=O)C[C@H](c1cccs1)CC2=O. The van der Waals surface area contributed by atoms with Crippen molar-refractivity contribution in [1.82, 2.24) is 10.3 Å². The molecule has 0 saturated heterocycles. The molecule has 1 aliphatic carbocycles. The number of pyridine rings is 1. The minimum atomic E-state index is -0.433. The Kier molecular flexibility index (Phi) is 4.43. The average molecular weight is 330 g/mol. The number of thiophene rings is 1. The maximum atomic E-state index is 12.4. The normalized spacial score (nSPS) is 16.9. The van der Waals surface area contributed by atoms with Crippen molar-refractivity contribution in [2.45, 2.75) is 32.1 Å². The number of carbonyl (C=O) groups is 2. The Hall–Kier alpha value is -2.21. The van der Waals surface area contributed by atoms with Crippen molar-refractivity contribution in [3.63, 3.8) is 0 Å². The minimum absolute atomic E-state index is 0.0140. The third-order valence-electron chi connectivity index (χ3n) is 4.03. The third kappa shape index (κ3) is 3.12. The van der Waals surface area contributed by atoms with Crippen LogP contribution in [0.1, 0.15) is 57.0 Å². The third-order valence-corrected chi connectivity index (χ3v) is 5.07. The first kappa shape index (κ1) is 15.7. The molecule has 0 spiro atoms. The van der Waals surface area contributed by atoms with Crippen molar-refractivity contribution >= 4 is 23.0 Å². The molecular weight excluding hydrogens is 312 g/mol. The molecule has 5 nitrogen and oxygen atoms in total. The summed E-state index contributed by atoms with van der Waals surface area (Å²) in [5.74, 6) is -0.347. The molecule has 1 atom stereocenters. The lowest BCUT2D eigenvalue weighted by Gasteiger charge is -2.22. The zero-order chi connectivity index (χ0) is 16.4. The van der Waals surface area contributed by atoms with E-state index in [0.717, 1.165) is 11.3 Å². The molecule has 0 unspecified atom stereocenters. The van der Waals surface area contributed by atoms with Crippen LogP contribution in [0.5, 0.6) is 0 Å². The molecule has 2 aromatic rings. The number of nitrogens with one attached hydrogen (secondary N) is 2. The molecule has 3 rings (SSSR count). The van der Waals surface area contributed by atoms with Gasteiger partial charge in [0.2, 0.25) is 0 Å². The van der Waals surface area contributed by atoms with Crippen LogP contribution in [0.15, 0.2) is 28.4 Å². The number of amides is 1. The van der Waals surface area contributed by atoms with Gasteiger partial charge in [0.1, 0.15) is 5.56 Å². The fourth-order valence-corrected chi connectivity index (χ4v) is 3.69. The first-order chi connectivity index (χ1) is 11.1. The lowest BCUT2D eigenvalue weighted by Crippen LogP contribution is -2.32. The average Bonchev–Trinajstić information content (AvgIpc) is 3.06. The van der Waals surface area contributed by atoms with E-state index in [4.69, 9.17) is 0 Å². The molecule has 1 amide bonds. The van der Waals surface area contributed by atoms with Gasteiger partial charge in [0.05, 0.1) is 0 Å². The zero-order valence-corrected chi connectivity index (χ0v) is 13.7. The van der Waals surface area contributed by atoms with Crippen molar-refractivity contribution < 1.29 is 9.59 Å². The Morgan fingerprint density at radius 1 is 1.39 bits per heavy atom. The Morgan fingerprint density at radius 2 is 2.22 bits per heavy atom. The van der Waals surface area contributed by atoms with E-state index in [9.17, 15) is 14.4 Å². The topological polar surface area (TPSA) is 79.0 Å². The van der Waals surface area contributed by atoms with Gasteiger partial charge in [0, 0.05) is 35.0 Å². The molecular formula is C17H18N2O3S. The van der Waals surface area contributed by atoms with Gasteiger partial charge in [-0.25, -0.2) is 0 Å². The van der Waals surface area contributed by atoms with Gasteiger partial charge in [-0.1, -0.05) is 13.0 Å². The van der Waals surface area contributed by atoms with Crippen LogP contribution < -0.4 is 10.9 Å². The van der Waals surface area contributed by atoms with Gasteiger partial charge in [-0.2, -0.15) is 0 Å². The number of aromatic nitrogens is 1. The Balaban J connectivity index is 1.92.